The van der Waals surface area contributed by atoms with Gasteiger partial charge in [-0.25, -0.2) is 0 Å². The smallest absolute Gasteiger partial charge is 0.157 e. The van der Waals surface area contributed by atoms with Crippen LogP contribution < -0.4 is 11.1 Å². The fourth-order valence-corrected chi connectivity index (χ4v) is 1.45. The second-order valence-corrected chi connectivity index (χ2v) is 3.42. The zero-order valence-corrected chi connectivity index (χ0v) is 7.97. The van der Waals surface area contributed by atoms with E-state index in [4.69, 9.17) is 10.5 Å². The maximum Gasteiger partial charge on any atom is 0.157 e. The standard InChI is InChI=1S/C8H18N2O4/c9-1-2-10-4-6-8(13)5(11)3-7(12)14-6/h5-8,10-13H,1-4,9H2/t5?,6?,7-,8-/m0/s1. The second kappa shape index (κ2) is 5.59. The normalized spacial score (nSPS) is 38.6. The van der Waals surface area contributed by atoms with E-state index in [2.05, 4.69) is 5.32 Å². The lowest BCUT2D eigenvalue weighted by Gasteiger charge is -2.35. The average Bonchev–Trinajstić information content (AvgIpc) is 2.13. The van der Waals surface area contributed by atoms with Gasteiger partial charge < -0.3 is 31.1 Å². The maximum absolute atomic E-state index is 9.50. The van der Waals surface area contributed by atoms with Gasteiger partial charge in [-0.1, -0.05) is 0 Å². The van der Waals surface area contributed by atoms with Crippen LogP contribution in [0.15, 0.2) is 0 Å². The molecule has 1 heterocycles. The highest BCUT2D eigenvalue weighted by Gasteiger charge is 2.35. The highest BCUT2D eigenvalue weighted by molar-refractivity contribution is 4.83. The van der Waals surface area contributed by atoms with E-state index in [1.54, 1.807) is 0 Å². The number of aliphatic hydroxyl groups excluding tert-OH is 3. The molecule has 0 aromatic carbocycles. The van der Waals surface area contributed by atoms with Crippen LogP contribution >= 0.6 is 0 Å². The van der Waals surface area contributed by atoms with E-state index in [0.717, 1.165) is 0 Å². The minimum absolute atomic E-state index is 0.0502. The third-order valence-electron chi connectivity index (χ3n) is 2.22. The van der Waals surface area contributed by atoms with Crippen LogP contribution in [0.5, 0.6) is 0 Å². The van der Waals surface area contributed by atoms with E-state index in [9.17, 15) is 15.3 Å². The van der Waals surface area contributed by atoms with Gasteiger partial charge >= 0.3 is 0 Å². The minimum Gasteiger partial charge on any atom is -0.390 e. The SMILES string of the molecule is NCCNCC1O[C@H](O)CC(O)[C@@H]1O. The van der Waals surface area contributed by atoms with Crippen LogP contribution in [0.2, 0.25) is 0 Å². The first-order valence-corrected chi connectivity index (χ1v) is 4.75. The van der Waals surface area contributed by atoms with Gasteiger partial charge in [0.1, 0.15) is 12.2 Å². The Morgan fingerprint density at radius 3 is 2.71 bits per heavy atom. The van der Waals surface area contributed by atoms with Gasteiger partial charge in [0.15, 0.2) is 6.29 Å². The van der Waals surface area contributed by atoms with Crippen molar-refractivity contribution >= 4 is 0 Å². The zero-order chi connectivity index (χ0) is 10.6. The third-order valence-corrected chi connectivity index (χ3v) is 2.22. The van der Waals surface area contributed by atoms with Crippen LogP contribution in [0.25, 0.3) is 0 Å². The number of nitrogens with one attached hydrogen (secondary N) is 1. The molecule has 0 spiro atoms. The van der Waals surface area contributed by atoms with Crippen molar-refractivity contribution in [3.8, 4) is 0 Å². The molecule has 0 aromatic heterocycles. The molecule has 1 aliphatic heterocycles. The molecule has 1 rings (SSSR count). The van der Waals surface area contributed by atoms with Crippen molar-refractivity contribution in [3.63, 3.8) is 0 Å². The number of hydrogen-bond acceptors (Lipinski definition) is 6. The molecule has 0 radical (unpaired) electrons. The molecule has 1 saturated heterocycles. The summed E-state index contributed by atoms with van der Waals surface area (Å²) in [4.78, 5) is 0. The largest absolute Gasteiger partial charge is 0.390 e. The quantitative estimate of drug-likeness (QED) is 0.322. The van der Waals surface area contributed by atoms with E-state index >= 15 is 0 Å². The first-order valence-electron chi connectivity index (χ1n) is 4.75. The molecule has 0 saturated carbocycles. The van der Waals surface area contributed by atoms with Crippen LogP contribution in [-0.4, -0.2) is 59.6 Å². The lowest BCUT2D eigenvalue weighted by atomic mass is 10.0. The summed E-state index contributed by atoms with van der Waals surface area (Å²) in [6.07, 6.45) is -3.42. The fraction of sp³-hybridized carbons (Fsp3) is 1.00. The number of ether oxygens (including phenoxy) is 1. The summed E-state index contributed by atoms with van der Waals surface area (Å²) in [7, 11) is 0. The third kappa shape index (κ3) is 3.16. The van der Waals surface area contributed by atoms with Gasteiger partial charge in [0, 0.05) is 26.1 Å². The predicted octanol–water partition coefficient (Wildman–Crippen LogP) is -2.64. The molecule has 0 amide bonds. The van der Waals surface area contributed by atoms with Crippen molar-refractivity contribution in [2.45, 2.75) is 31.0 Å². The fourth-order valence-electron chi connectivity index (χ4n) is 1.45. The predicted molar refractivity (Wildman–Crippen MR) is 49.4 cm³/mol. The van der Waals surface area contributed by atoms with E-state index < -0.39 is 24.6 Å². The molecule has 0 aromatic rings. The van der Waals surface area contributed by atoms with Crippen LogP contribution in [-0.2, 0) is 4.74 Å². The van der Waals surface area contributed by atoms with Crippen molar-refractivity contribution in [1.82, 2.24) is 5.32 Å². The molecule has 0 aliphatic carbocycles. The molecule has 6 heteroatoms. The molecule has 6 N–H and O–H groups in total. The Morgan fingerprint density at radius 1 is 1.36 bits per heavy atom. The first-order chi connectivity index (χ1) is 6.65. The summed E-state index contributed by atoms with van der Waals surface area (Å²) < 4.78 is 5.06. The molecule has 14 heavy (non-hydrogen) atoms. The molecule has 1 fully saturated rings. The summed E-state index contributed by atoms with van der Waals surface area (Å²) in [5.74, 6) is 0. The first kappa shape index (κ1) is 11.8. The summed E-state index contributed by atoms with van der Waals surface area (Å²) in [6.45, 7) is 1.47. The number of rotatable bonds is 4. The highest BCUT2D eigenvalue weighted by atomic mass is 16.6. The number of hydrogen-bond donors (Lipinski definition) is 5. The van der Waals surface area contributed by atoms with Crippen molar-refractivity contribution < 1.29 is 20.1 Å². The average molecular weight is 206 g/mol. The van der Waals surface area contributed by atoms with E-state index in [1.807, 2.05) is 0 Å². The molecular weight excluding hydrogens is 188 g/mol. The Balaban J connectivity index is 2.33. The van der Waals surface area contributed by atoms with Crippen LogP contribution in [0.1, 0.15) is 6.42 Å². The van der Waals surface area contributed by atoms with Gasteiger partial charge in [-0.05, 0) is 0 Å². The molecule has 4 atom stereocenters. The highest BCUT2D eigenvalue weighted by Crippen LogP contribution is 2.18. The molecule has 2 unspecified atom stereocenters. The van der Waals surface area contributed by atoms with Gasteiger partial charge in [-0.3, -0.25) is 0 Å². The Labute approximate surface area is 82.7 Å². The molecule has 1 aliphatic rings. The Morgan fingerprint density at radius 2 is 2.07 bits per heavy atom. The number of nitrogens with two attached hydrogens (primary N) is 1. The molecule has 84 valence electrons. The Kier molecular flexibility index (Phi) is 4.73. The van der Waals surface area contributed by atoms with Crippen molar-refractivity contribution in [2.24, 2.45) is 5.73 Å². The maximum atomic E-state index is 9.50. The lowest BCUT2D eigenvalue weighted by molar-refractivity contribution is -0.230. The summed E-state index contributed by atoms with van der Waals surface area (Å²) in [6, 6.07) is 0. The molecule has 6 nitrogen and oxygen atoms in total. The summed E-state index contributed by atoms with van der Waals surface area (Å²) in [5.41, 5.74) is 5.27. The Hall–Kier alpha value is -0.240. The van der Waals surface area contributed by atoms with Gasteiger partial charge in [0.25, 0.3) is 0 Å². The lowest BCUT2D eigenvalue weighted by Crippen LogP contribution is -2.52. The van der Waals surface area contributed by atoms with Crippen LogP contribution in [0, 0.1) is 0 Å². The van der Waals surface area contributed by atoms with E-state index in [0.29, 0.717) is 19.6 Å². The summed E-state index contributed by atoms with van der Waals surface area (Å²) >= 11 is 0. The van der Waals surface area contributed by atoms with Gasteiger partial charge in [0.2, 0.25) is 0 Å². The van der Waals surface area contributed by atoms with Gasteiger partial charge in [-0.2, -0.15) is 0 Å². The van der Waals surface area contributed by atoms with Crippen molar-refractivity contribution in [2.75, 3.05) is 19.6 Å². The van der Waals surface area contributed by atoms with Gasteiger partial charge in [0.05, 0.1) is 6.10 Å². The summed E-state index contributed by atoms with van der Waals surface area (Å²) in [5, 5.41) is 31.0. The Bertz CT molecular complexity index is 169. The zero-order valence-electron chi connectivity index (χ0n) is 7.97. The van der Waals surface area contributed by atoms with Gasteiger partial charge in [-0.15, -0.1) is 0 Å². The molecular formula is C8H18N2O4. The van der Waals surface area contributed by atoms with Crippen LogP contribution in [0.4, 0.5) is 0 Å². The van der Waals surface area contributed by atoms with E-state index in [-0.39, 0.29) is 6.42 Å². The second-order valence-electron chi connectivity index (χ2n) is 3.42. The van der Waals surface area contributed by atoms with E-state index in [1.165, 1.54) is 0 Å². The van der Waals surface area contributed by atoms with Crippen molar-refractivity contribution in [1.29, 1.82) is 0 Å². The minimum atomic E-state index is -1.00. The monoisotopic (exact) mass is 206 g/mol. The molecule has 0 bridgehead atoms. The van der Waals surface area contributed by atoms with Crippen molar-refractivity contribution in [3.05, 3.63) is 0 Å². The topological polar surface area (TPSA) is 108 Å². The number of aliphatic hydroxyl groups is 3. The van der Waals surface area contributed by atoms with Crippen LogP contribution in [0.3, 0.4) is 0 Å².